The lowest BCUT2D eigenvalue weighted by Crippen LogP contribution is -2.28. The molecule has 0 unspecified atom stereocenters. The minimum absolute atomic E-state index is 0.132. The van der Waals surface area contributed by atoms with E-state index >= 15 is 0 Å². The highest BCUT2D eigenvalue weighted by molar-refractivity contribution is 9.11. The summed E-state index contributed by atoms with van der Waals surface area (Å²) < 4.78 is 2.12. The average Bonchev–Trinajstić information content (AvgIpc) is 3.70. The van der Waals surface area contributed by atoms with E-state index in [0.717, 1.165) is 71.7 Å². The normalized spacial score (nSPS) is 16.4. The highest BCUT2D eigenvalue weighted by atomic mass is 79.9. The summed E-state index contributed by atoms with van der Waals surface area (Å²) in [5, 5.41) is 0. The molecule has 0 bridgehead atoms. The molecule has 0 saturated heterocycles. The maximum absolute atomic E-state index is 13.9. The van der Waals surface area contributed by atoms with E-state index in [1.54, 1.807) is 34.0 Å². The molecule has 3 aromatic rings. The zero-order valence-corrected chi connectivity index (χ0v) is 36.2. The quantitative estimate of drug-likeness (QED) is 0.262. The van der Waals surface area contributed by atoms with Gasteiger partial charge >= 0.3 is 0 Å². The van der Waals surface area contributed by atoms with Gasteiger partial charge in [-0.05, 0) is 125 Å². The molecule has 0 aliphatic heterocycles. The Labute approximate surface area is 321 Å². The van der Waals surface area contributed by atoms with Gasteiger partial charge in [-0.25, -0.2) is 0 Å². The molecule has 0 radical (unpaired) electrons. The molecule has 2 aliphatic rings. The number of ketones is 2. The first-order chi connectivity index (χ1) is 22.5. The molecule has 0 aromatic carbocycles. The Bertz CT molecular complexity index is 1820. The van der Waals surface area contributed by atoms with Crippen LogP contribution in [0.1, 0.15) is 103 Å². The van der Waals surface area contributed by atoms with Crippen molar-refractivity contribution < 1.29 is 9.59 Å². The van der Waals surface area contributed by atoms with Gasteiger partial charge in [-0.15, -0.1) is 34.0 Å². The van der Waals surface area contributed by atoms with Gasteiger partial charge in [0.25, 0.3) is 0 Å². The minimum atomic E-state index is -0.314. The second-order valence-corrected chi connectivity index (χ2v) is 22.9. The fraction of sp³-hybridized carbons (Fsp3) is 0.381. The Morgan fingerprint density at radius 3 is 0.898 bits per heavy atom. The third kappa shape index (κ3) is 8.02. The Hall–Kier alpha value is -2.16. The summed E-state index contributed by atoms with van der Waals surface area (Å²) in [7, 11) is 0. The van der Waals surface area contributed by atoms with Gasteiger partial charge in [-0.2, -0.15) is 0 Å². The molecule has 2 aliphatic carbocycles. The number of hydrogen-bond acceptors (Lipinski definition) is 5. The molecule has 0 saturated carbocycles. The van der Waals surface area contributed by atoms with Crippen LogP contribution >= 0.6 is 65.9 Å². The van der Waals surface area contributed by atoms with Crippen molar-refractivity contribution in [3.63, 3.8) is 0 Å². The Balaban J connectivity index is 1.85. The van der Waals surface area contributed by atoms with Crippen LogP contribution in [0.4, 0.5) is 0 Å². The van der Waals surface area contributed by atoms with Crippen LogP contribution in [0.3, 0.4) is 0 Å². The topological polar surface area (TPSA) is 34.1 Å². The second-order valence-electron chi connectivity index (χ2n) is 16.9. The Morgan fingerprint density at radius 1 is 0.429 bits per heavy atom. The van der Waals surface area contributed by atoms with Crippen LogP contribution in [0, 0.1) is 21.7 Å². The predicted octanol–water partition coefficient (Wildman–Crippen LogP) is 14.1. The van der Waals surface area contributed by atoms with Gasteiger partial charge in [0, 0.05) is 52.9 Å². The van der Waals surface area contributed by atoms with Crippen molar-refractivity contribution in [2.75, 3.05) is 0 Å². The van der Waals surface area contributed by atoms with Crippen LogP contribution in [0.25, 0.3) is 11.1 Å². The molecule has 3 heterocycles. The maximum Gasteiger partial charge on any atom is 0.186 e. The third-order valence-electron chi connectivity index (χ3n) is 8.73. The zero-order chi connectivity index (χ0) is 36.4. The van der Waals surface area contributed by atoms with Crippen LogP contribution in [-0.4, -0.2) is 11.6 Å². The van der Waals surface area contributed by atoms with E-state index < -0.39 is 0 Å². The fourth-order valence-corrected chi connectivity index (χ4v) is 10.3. The molecule has 0 N–H and O–H groups in total. The van der Waals surface area contributed by atoms with Crippen LogP contribution in [0.5, 0.6) is 0 Å². The lowest BCUT2D eigenvalue weighted by Gasteiger charge is -2.32. The van der Waals surface area contributed by atoms with Gasteiger partial charge in [0.15, 0.2) is 11.6 Å². The minimum Gasteiger partial charge on any atom is -0.289 e. The van der Waals surface area contributed by atoms with Gasteiger partial charge < -0.3 is 0 Å². The molecule has 3 aromatic heterocycles. The number of thiophene rings is 3. The molecule has 5 rings (SSSR count). The first-order valence-electron chi connectivity index (χ1n) is 16.6. The molecule has 258 valence electrons. The fourth-order valence-electron chi connectivity index (χ4n) is 6.09. The lowest BCUT2D eigenvalue weighted by atomic mass is 9.71. The number of halogens is 2. The molecule has 2 nitrogen and oxygen atoms in total. The van der Waals surface area contributed by atoms with Gasteiger partial charge in [0.1, 0.15) is 0 Å². The van der Waals surface area contributed by atoms with E-state index in [4.69, 9.17) is 0 Å². The van der Waals surface area contributed by atoms with Gasteiger partial charge in [-0.1, -0.05) is 83.1 Å². The molecular weight excluding hydrogens is 792 g/mol. The lowest BCUT2D eigenvalue weighted by molar-refractivity contribution is -0.114. The van der Waals surface area contributed by atoms with Crippen LogP contribution in [0.2, 0.25) is 0 Å². The first kappa shape index (κ1) is 38.1. The predicted molar refractivity (Wildman–Crippen MR) is 221 cm³/mol. The molecule has 0 spiro atoms. The summed E-state index contributed by atoms with van der Waals surface area (Å²) in [6, 6.07) is 13.0. The van der Waals surface area contributed by atoms with E-state index in [9.17, 15) is 9.59 Å². The Morgan fingerprint density at radius 2 is 0.673 bits per heavy atom. The van der Waals surface area contributed by atoms with E-state index in [1.807, 2.05) is 0 Å². The van der Waals surface area contributed by atoms with Crippen molar-refractivity contribution in [3.8, 4) is 0 Å². The molecule has 0 atom stereocenters. The van der Waals surface area contributed by atoms with Crippen molar-refractivity contribution in [2.45, 2.75) is 83.1 Å². The van der Waals surface area contributed by atoms with E-state index in [2.05, 4.69) is 176 Å². The largest absolute Gasteiger partial charge is 0.289 e. The maximum atomic E-state index is 13.9. The molecule has 49 heavy (non-hydrogen) atoms. The SMILES string of the molecule is CC(C)(C)C1=CC(=C(c2ccc(Br)s2)c2ccc(C(=C3C=C(C(C)(C)C)C(=O)C(C(C)(C)C)=C3)c3ccc(Br)s3)s2)C=C(C(C)(C)C)C1=O. The highest BCUT2D eigenvalue weighted by Gasteiger charge is 2.37. The van der Waals surface area contributed by atoms with Crippen molar-refractivity contribution in [3.05, 3.63) is 121 Å². The van der Waals surface area contributed by atoms with Crippen LogP contribution < -0.4 is 0 Å². The summed E-state index contributed by atoms with van der Waals surface area (Å²) >= 11 is 12.6. The molecule has 7 heteroatoms. The summed E-state index contributed by atoms with van der Waals surface area (Å²) in [5.41, 5.74) is 6.42. The number of carbonyl (C=O) groups excluding carboxylic acids is 2. The zero-order valence-electron chi connectivity index (χ0n) is 30.6. The highest BCUT2D eigenvalue weighted by Crippen LogP contribution is 2.48. The van der Waals surface area contributed by atoms with E-state index in [1.165, 1.54) is 0 Å². The number of carbonyl (C=O) groups is 2. The van der Waals surface area contributed by atoms with Crippen molar-refractivity contribution in [1.82, 2.24) is 0 Å². The molecular formula is C42H46Br2O2S3. The smallest absolute Gasteiger partial charge is 0.186 e. The number of rotatable bonds is 4. The Kier molecular flexibility index (Phi) is 10.4. The molecule has 0 fully saturated rings. The van der Waals surface area contributed by atoms with Crippen LogP contribution in [-0.2, 0) is 9.59 Å². The number of allylic oxidation sites excluding steroid dienone is 10. The van der Waals surface area contributed by atoms with Crippen LogP contribution in [0.15, 0.2) is 102 Å². The standard InChI is InChI=1S/C42H46Br2O2S3/c1-39(2,3)25-19-23(20-26(37(25)45)40(4,5)6)35(31-15-17-33(43)48-31)29-13-14-30(47-29)36(32-16-18-34(44)49-32)24-21-27(41(7,8)9)38(46)28(22-24)42(10,11)12/h13-22H,1-12H3. The van der Waals surface area contributed by atoms with Gasteiger partial charge in [0.05, 0.1) is 7.57 Å². The van der Waals surface area contributed by atoms with Gasteiger partial charge in [0.2, 0.25) is 0 Å². The third-order valence-corrected chi connectivity index (χ3v) is 13.1. The monoisotopic (exact) mass is 836 g/mol. The summed E-state index contributed by atoms with van der Waals surface area (Å²) in [6.45, 7) is 25.5. The number of Topliss-reactive ketones (excluding diaryl/α,β-unsaturated/α-hetero) is 2. The molecule has 0 amide bonds. The van der Waals surface area contributed by atoms with E-state index in [-0.39, 0.29) is 33.2 Å². The summed E-state index contributed by atoms with van der Waals surface area (Å²) in [4.78, 5) is 32.3. The first-order valence-corrected chi connectivity index (χ1v) is 20.6. The van der Waals surface area contributed by atoms with Crippen molar-refractivity contribution in [1.29, 1.82) is 0 Å². The second kappa shape index (κ2) is 13.4. The van der Waals surface area contributed by atoms with Crippen molar-refractivity contribution in [2.24, 2.45) is 21.7 Å². The van der Waals surface area contributed by atoms with Gasteiger partial charge in [-0.3, -0.25) is 9.59 Å². The summed E-state index contributed by atoms with van der Waals surface area (Å²) in [6.07, 6.45) is 8.50. The summed E-state index contributed by atoms with van der Waals surface area (Å²) in [5.74, 6) is 0.264. The van der Waals surface area contributed by atoms with E-state index in [0.29, 0.717) is 0 Å². The average molecular weight is 839 g/mol. The number of hydrogen-bond donors (Lipinski definition) is 0. The van der Waals surface area contributed by atoms with Crippen molar-refractivity contribution >= 4 is 88.6 Å².